The highest BCUT2D eigenvalue weighted by Crippen LogP contribution is 2.21. The number of hydrogen-bond acceptors (Lipinski definition) is 9. The number of cyclic esters (lactones) is 1. The van der Waals surface area contributed by atoms with Crippen LogP contribution in [0.4, 0.5) is 5.69 Å². The number of aromatic nitrogens is 3. The minimum Gasteiger partial charge on any atom is -0.465 e. The van der Waals surface area contributed by atoms with Crippen molar-refractivity contribution in [2.45, 2.75) is 77.1 Å². The number of carbonyl (C=O) groups is 3. The molecule has 5 atom stereocenters. The number of aryl methyl sites for hydroxylation is 1. The predicted octanol–water partition coefficient (Wildman–Crippen LogP) is 2.35. The van der Waals surface area contributed by atoms with Gasteiger partial charge in [-0.25, -0.2) is 0 Å². The molecule has 4 N–H and O–H groups in total. The summed E-state index contributed by atoms with van der Waals surface area (Å²) >= 11 is 0. The van der Waals surface area contributed by atoms with E-state index in [2.05, 4.69) is 20.9 Å². The minimum atomic E-state index is -0.833. The van der Waals surface area contributed by atoms with E-state index < -0.39 is 11.9 Å². The molecule has 1 amide bonds. The molecule has 0 aliphatic carbocycles. The number of methoxy groups -OCH3 is 1. The molecular weight excluding hydrogens is 500 g/mol. The molecule has 0 bridgehead atoms. The molecule has 39 heavy (non-hydrogen) atoms. The monoisotopic (exact) mass is 542 g/mol. The molecule has 0 saturated carbocycles. The first-order valence-corrected chi connectivity index (χ1v) is 13.7. The van der Waals surface area contributed by atoms with Gasteiger partial charge >= 0.3 is 5.97 Å². The highest BCUT2D eigenvalue weighted by molar-refractivity contribution is 5.98. The summed E-state index contributed by atoms with van der Waals surface area (Å²) in [5, 5.41) is 14.9. The second-order valence-corrected chi connectivity index (χ2v) is 10.3. The molecule has 11 heteroatoms. The molecule has 1 aromatic carbocycles. The van der Waals surface area contributed by atoms with E-state index in [9.17, 15) is 14.4 Å². The molecule has 214 valence electrons. The molecule has 2 aromatic rings. The van der Waals surface area contributed by atoms with Gasteiger partial charge in [0.25, 0.3) is 0 Å². The zero-order valence-corrected chi connectivity index (χ0v) is 23.2. The number of Topliss-reactive ketones (excluding diaryl/α,β-unsaturated/α-hetero) is 1. The number of ether oxygens (including phenoxy) is 2. The van der Waals surface area contributed by atoms with Gasteiger partial charge in [-0.2, -0.15) is 0 Å². The Hall–Kier alpha value is -3.31. The Balaban J connectivity index is 1.64. The van der Waals surface area contributed by atoms with Crippen LogP contribution in [0.5, 0.6) is 0 Å². The van der Waals surface area contributed by atoms with Crippen molar-refractivity contribution >= 4 is 23.9 Å². The third-order valence-electron chi connectivity index (χ3n) is 7.50. The number of carbonyl (C=O) groups excluding carboxylic acids is 3. The van der Waals surface area contributed by atoms with Crippen LogP contribution in [-0.4, -0.2) is 71.6 Å². The summed E-state index contributed by atoms with van der Waals surface area (Å²) in [6, 6.07) is 7.20. The van der Waals surface area contributed by atoms with E-state index in [1.54, 1.807) is 18.7 Å². The van der Waals surface area contributed by atoms with Crippen molar-refractivity contribution in [1.29, 1.82) is 0 Å². The molecule has 1 aliphatic heterocycles. The minimum absolute atomic E-state index is 0.0606. The summed E-state index contributed by atoms with van der Waals surface area (Å²) in [5.41, 5.74) is 8.22. The maximum absolute atomic E-state index is 12.7. The molecular formula is C28H42N6O5. The van der Waals surface area contributed by atoms with Crippen molar-refractivity contribution in [2.24, 2.45) is 11.8 Å². The van der Waals surface area contributed by atoms with E-state index in [4.69, 9.17) is 15.2 Å². The van der Waals surface area contributed by atoms with Crippen molar-refractivity contribution in [3.63, 3.8) is 0 Å². The number of rotatable bonds is 9. The fourth-order valence-corrected chi connectivity index (χ4v) is 5.00. The number of hydrogen-bond donors (Lipinski definition) is 3. The fraction of sp³-hybridized carbons (Fsp3) is 0.607. The summed E-state index contributed by atoms with van der Waals surface area (Å²) in [7, 11) is 1.63. The molecule has 0 spiro atoms. The van der Waals surface area contributed by atoms with Gasteiger partial charge < -0.3 is 25.8 Å². The highest BCUT2D eigenvalue weighted by Gasteiger charge is 2.30. The molecule has 2 heterocycles. The van der Waals surface area contributed by atoms with E-state index in [-0.39, 0.29) is 42.9 Å². The van der Waals surface area contributed by atoms with Gasteiger partial charge in [0.05, 0.1) is 18.9 Å². The number of nitrogens with one attached hydrogen (secondary N) is 2. The standard InChI is InChI=1S/C28H42N6O5/c1-19-26(36)11-10-24(38-3)12-13-30-20(2)27(31-18-35)22(17-39-28(19)37)7-4-5-14-34-16-25(32-33-34)21-8-6-9-23(29)15-21/h6,8-9,15-16,18-20,22,24,27,30H,4-5,7,10-14,17,29H2,1-3H3,(H,31,35). The van der Waals surface area contributed by atoms with E-state index in [0.29, 0.717) is 38.0 Å². The molecule has 3 rings (SSSR count). The van der Waals surface area contributed by atoms with Crippen LogP contribution in [0.2, 0.25) is 0 Å². The van der Waals surface area contributed by atoms with Crippen LogP contribution < -0.4 is 16.4 Å². The van der Waals surface area contributed by atoms with Gasteiger partial charge in [0.15, 0.2) is 0 Å². The van der Waals surface area contributed by atoms with Crippen LogP contribution in [0.3, 0.4) is 0 Å². The van der Waals surface area contributed by atoms with E-state index in [1.807, 2.05) is 37.4 Å². The van der Waals surface area contributed by atoms with Crippen LogP contribution >= 0.6 is 0 Å². The first kappa shape index (κ1) is 30.2. The van der Waals surface area contributed by atoms with Crippen molar-refractivity contribution in [3.05, 3.63) is 30.5 Å². The van der Waals surface area contributed by atoms with E-state index >= 15 is 0 Å². The molecule has 5 unspecified atom stereocenters. The lowest BCUT2D eigenvalue weighted by Gasteiger charge is -2.33. The lowest BCUT2D eigenvalue weighted by atomic mass is 9.89. The number of unbranched alkanes of at least 4 members (excludes halogenated alkanes) is 1. The van der Waals surface area contributed by atoms with E-state index in [0.717, 1.165) is 30.5 Å². The second kappa shape index (κ2) is 15.3. The molecule has 1 aliphatic rings. The lowest BCUT2D eigenvalue weighted by Crippen LogP contribution is -2.52. The Morgan fingerprint density at radius 1 is 1.26 bits per heavy atom. The number of ketones is 1. The summed E-state index contributed by atoms with van der Waals surface area (Å²) < 4.78 is 13.0. The number of nitrogens with zero attached hydrogens (tertiary/aromatic N) is 3. The third kappa shape index (κ3) is 9.14. The number of esters is 1. The molecule has 11 nitrogen and oxygen atoms in total. The summed E-state index contributed by atoms with van der Waals surface area (Å²) in [6.07, 6.45) is 6.39. The van der Waals surface area contributed by atoms with Crippen molar-refractivity contribution in [3.8, 4) is 11.3 Å². The second-order valence-electron chi connectivity index (χ2n) is 10.3. The maximum Gasteiger partial charge on any atom is 0.316 e. The Kier molecular flexibility index (Phi) is 11.9. The summed E-state index contributed by atoms with van der Waals surface area (Å²) in [6.45, 7) is 5.08. The van der Waals surface area contributed by atoms with Crippen molar-refractivity contribution in [1.82, 2.24) is 25.6 Å². The largest absolute Gasteiger partial charge is 0.465 e. The first-order chi connectivity index (χ1) is 18.8. The van der Waals surface area contributed by atoms with Gasteiger partial charge in [-0.1, -0.05) is 23.8 Å². The van der Waals surface area contributed by atoms with Gasteiger partial charge in [-0.05, 0) is 58.2 Å². The smallest absolute Gasteiger partial charge is 0.316 e. The van der Waals surface area contributed by atoms with Gasteiger partial charge in [-0.15, -0.1) is 5.10 Å². The van der Waals surface area contributed by atoms with Gasteiger partial charge in [0, 0.05) is 49.3 Å². The lowest BCUT2D eigenvalue weighted by molar-refractivity contribution is -0.153. The van der Waals surface area contributed by atoms with Crippen LogP contribution in [0.25, 0.3) is 11.3 Å². The van der Waals surface area contributed by atoms with Gasteiger partial charge in [0.1, 0.15) is 17.4 Å². The molecule has 1 saturated heterocycles. The van der Waals surface area contributed by atoms with Crippen molar-refractivity contribution < 1.29 is 23.9 Å². The van der Waals surface area contributed by atoms with Crippen LogP contribution in [0.15, 0.2) is 30.5 Å². The average molecular weight is 543 g/mol. The van der Waals surface area contributed by atoms with Crippen LogP contribution in [0, 0.1) is 11.8 Å². The Bertz CT molecular complexity index is 1080. The Morgan fingerprint density at radius 2 is 2.08 bits per heavy atom. The Labute approximate surface area is 230 Å². The third-order valence-corrected chi connectivity index (χ3v) is 7.50. The summed E-state index contributed by atoms with van der Waals surface area (Å²) in [5.74, 6) is -1.65. The average Bonchev–Trinajstić information content (AvgIpc) is 3.41. The number of amides is 1. The number of nitrogens with two attached hydrogens (primary N) is 1. The summed E-state index contributed by atoms with van der Waals surface area (Å²) in [4.78, 5) is 36.8. The van der Waals surface area contributed by atoms with Gasteiger partial charge in [0.2, 0.25) is 6.41 Å². The van der Waals surface area contributed by atoms with Crippen LogP contribution in [0.1, 0.15) is 52.4 Å². The highest BCUT2D eigenvalue weighted by atomic mass is 16.5. The van der Waals surface area contributed by atoms with E-state index in [1.165, 1.54) is 0 Å². The van der Waals surface area contributed by atoms with Crippen LogP contribution in [-0.2, 0) is 30.4 Å². The zero-order valence-electron chi connectivity index (χ0n) is 23.2. The zero-order chi connectivity index (χ0) is 28.2. The molecule has 1 aromatic heterocycles. The number of anilines is 1. The van der Waals surface area contributed by atoms with Crippen molar-refractivity contribution in [2.75, 3.05) is 26.0 Å². The van der Waals surface area contributed by atoms with Gasteiger partial charge in [-0.3, -0.25) is 19.1 Å². The number of benzene rings is 1. The fourth-order valence-electron chi connectivity index (χ4n) is 5.00. The quantitative estimate of drug-likeness (QED) is 0.143. The SMILES string of the molecule is COC1CCNC(C)C(NC=O)C(CCCCn2cc(-c3cccc(N)c3)nn2)COC(=O)C(C)C(=O)CC1. The first-order valence-electron chi connectivity index (χ1n) is 13.7. The molecule has 0 radical (unpaired) electrons. The predicted molar refractivity (Wildman–Crippen MR) is 147 cm³/mol. The topological polar surface area (TPSA) is 150 Å². The maximum atomic E-state index is 12.7. The molecule has 1 fully saturated rings. The Morgan fingerprint density at radius 3 is 2.82 bits per heavy atom. The normalized spacial score (nSPS) is 25.5. The number of nitrogen functional groups attached to an aromatic ring is 1.